The number of carbonyl (C=O) groups excluding carboxylic acids is 1. The van der Waals surface area contributed by atoms with E-state index < -0.39 is 15.4 Å². The summed E-state index contributed by atoms with van der Waals surface area (Å²) < 4.78 is 28.7. The van der Waals surface area contributed by atoms with E-state index in [4.69, 9.17) is 4.74 Å². The molecule has 0 radical (unpaired) electrons. The fraction of sp³-hybridized carbons (Fsp3) is 0.562. The molecule has 6 heteroatoms. The second kappa shape index (κ2) is 6.28. The average molecular weight is 325 g/mol. The Hall–Kier alpha value is -1.56. The number of ether oxygens (including phenoxy) is 1. The number of rotatable bonds is 5. The summed E-state index contributed by atoms with van der Waals surface area (Å²) in [4.78, 5) is 12.0. The van der Waals surface area contributed by atoms with Crippen molar-refractivity contribution in [3.63, 3.8) is 0 Å². The Labute approximate surface area is 132 Å². The predicted octanol–water partition coefficient (Wildman–Crippen LogP) is 1.77. The highest BCUT2D eigenvalue weighted by atomic mass is 32.2. The molecule has 1 fully saturated rings. The molecule has 1 aromatic carbocycles. The van der Waals surface area contributed by atoms with Crippen LogP contribution in [0.4, 0.5) is 0 Å². The maximum atomic E-state index is 12.0. The number of benzene rings is 1. The van der Waals surface area contributed by atoms with Crippen LogP contribution in [0.5, 0.6) is 5.75 Å². The molecular weight excluding hydrogens is 302 g/mol. The van der Waals surface area contributed by atoms with E-state index in [2.05, 4.69) is 5.32 Å². The zero-order valence-corrected chi connectivity index (χ0v) is 14.1. The van der Waals surface area contributed by atoms with Crippen molar-refractivity contribution in [2.24, 2.45) is 0 Å². The van der Waals surface area contributed by atoms with Gasteiger partial charge in [0.05, 0.1) is 30.1 Å². The number of amides is 1. The van der Waals surface area contributed by atoms with Gasteiger partial charge in [0.1, 0.15) is 5.75 Å². The molecule has 2 rings (SSSR count). The van der Waals surface area contributed by atoms with Crippen molar-refractivity contribution < 1.29 is 17.9 Å². The van der Waals surface area contributed by atoms with Gasteiger partial charge in [-0.3, -0.25) is 4.79 Å². The topological polar surface area (TPSA) is 72.5 Å². The van der Waals surface area contributed by atoms with E-state index in [0.29, 0.717) is 6.42 Å². The maximum absolute atomic E-state index is 12.0. The molecular formula is C16H23NO4S. The number of hydrogen-bond acceptors (Lipinski definition) is 4. The Balaban J connectivity index is 1.83. The number of hydrogen-bond donors (Lipinski definition) is 1. The number of nitrogens with one attached hydrogen (secondary N) is 1. The lowest BCUT2D eigenvalue weighted by atomic mass is 10.0. The Bertz CT molecular complexity index is 669. The van der Waals surface area contributed by atoms with Gasteiger partial charge >= 0.3 is 0 Å². The lowest BCUT2D eigenvalue weighted by molar-refractivity contribution is -0.123. The molecule has 122 valence electrons. The van der Waals surface area contributed by atoms with Crippen molar-refractivity contribution in [2.75, 3.05) is 18.1 Å². The molecule has 0 aromatic heterocycles. The van der Waals surface area contributed by atoms with E-state index in [0.717, 1.165) is 16.9 Å². The Morgan fingerprint density at radius 1 is 1.36 bits per heavy atom. The molecule has 0 aliphatic carbocycles. The SMILES string of the molecule is Cc1cccc(OCCC(=O)NC2(C)CCS(=O)(=O)C2)c1C. The second-order valence-corrected chi connectivity index (χ2v) is 8.43. The number of sulfone groups is 1. The van der Waals surface area contributed by atoms with Crippen LogP contribution in [0.15, 0.2) is 18.2 Å². The van der Waals surface area contributed by atoms with E-state index in [-0.39, 0.29) is 30.4 Å². The van der Waals surface area contributed by atoms with Crippen LogP contribution >= 0.6 is 0 Å². The smallest absolute Gasteiger partial charge is 0.223 e. The van der Waals surface area contributed by atoms with Crippen molar-refractivity contribution in [1.29, 1.82) is 0 Å². The third kappa shape index (κ3) is 4.22. The van der Waals surface area contributed by atoms with Gasteiger partial charge in [-0.25, -0.2) is 8.42 Å². The molecule has 0 spiro atoms. The standard InChI is InChI=1S/C16H23NO4S/c1-12-5-4-6-14(13(12)2)21-9-7-15(18)17-16(3)8-10-22(19,20)11-16/h4-6H,7-11H2,1-3H3,(H,17,18). The van der Waals surface area contributed by atoms with Gasteiger partial charge < -0.3 is 10.1 Å². The van der Waals surface area contributed by atoms with Gasteiger partial charge in [0.25, 0.3) is 0 Å². The average Bonchev–Trinajstić information content (AvgIpc) is 2.68. The lowest BCUT2D eigenvalue weighted by Crippen LogP contribution is -2.47. The Morgan fingerprint density at radius 2 is 2.09 bits per heavy atom. The minimum atomic E-state index is -3.02. The highest BCUT2D eigenvalue weighted by molar-refractivity contribution is 7.91. The molecule has 1 N–H and O–H groups in total. The fourth-order valence-corrected chi connectivity index (χ4v) is 4.74. The molecule has 1 aromatic rings. The van der Waals surface area contributed by atoms with Gasteiger partial charge in [0.15, 0.2) is 9.84 Å². The Morgan fingerprint density at radius 3 is 2.73 bits per heavy atom. The van der Waals surface area contributed by atoms with Crippen molar-refractivity contribution >= 4 is 15.7 Å². The molecule has 1 heterocycles. The van der Waals surface area contributed by atoms with E-state index >= 15 is 0 Å². The van der Waals surface area contributed by atoms with Crippen molar-refractivity contribution in [3.8, 4) is 5.75 Å². The minimum Gasteiger partial charge on any atom is -0.493 e. The third-order valence-corrected chi connectivity index (χ3v) is 5.99. The van der Waals surface area contributed by atoms with Crippen LogP contribution in [0.2, 0.25) is 0 Å². The first-order chi connectivity index (χ1) is 10.2. The monoisotopic (exact) mass is 325 g/mol. The van der Waals surface area contributed by atoms with Crippen LogP contribution in [0.3, 0.4) is 0 Å². The summed E-state index contributed by atoms with van der Waals surface area (Å²) in [5.74, 6) is 0.763. The largest absolute Gasteiger partial charge is 0.493 e. The van der Waals surface area contributed by atoms with Crippen LogP contribution in [0.1, 0.15) is 30.9 Å². The minimum absolute atomic E-state index is 0.0174. The zero-order valence-electron chi connectivity index (χ0n) is 13.3. The highest BCUT2D eigenvalue weighted by Gasteiger charge is 2.39. The third-order valence-electron chi connectivity index (χ3n) is 4.09. The van der Waals surface area contributed by atoms with Crippen LogP contribution in [-0.2, 0) is 14.6 Å². The van der Waals surface area contributed by atoms with E-state index in [9.17, 15) is 13.2 Å². The molecule has 1 unspecified atom stereocenters. The second-order valence-electron chi connectivity index (χ2n) is 6.25. The van der Waals surface area contributed by atoms with E-state index in [1.807, 2.05) is 32.0 Å². The van der Waals surface area contributed by atoms with Crippen LogP contribution in [-0.4, -0.2) is 38.0 Å². The molecule has 1 aliphatic heterocycles. The van der Waals surface area contributed by atoms with E-state index in [1.54, 1.807) is 6.92 Å². The van der Waals surface area contributed by atoms with Crippen molar-refractivity contribution in [2.45, 2.75) is 39.2 Å². The zero-order chi connectivity index (χ0) is 16.4. The quantitative estimate of drug-likeness (QED) is 0.895. The van der Waals surface area contributed by atoms with Crippen LogP contribution < -0.4 is 10.1 Å². The van der Waals surface area contributed by atoms with Crippen LogP contribution in [0, 0.1) is 13.8 Å². The van der Waals surface area contributed by atoms with Crippen molar-refractivity contribution in [3.05, 3.63) is 29.3 Å². The van der Waals surface area contributed by atoms with Gasteiger partial charge in [-0.2, -0.15) is 0 Å². The molecule has 1 atom stereocenters. The number of aryl methyl sites for hydroxylation is 1. The summed E-state index contributed by atoms with van der Waals surface area (Å²) in [7, 11) is -3.02. The van der Waals surface area contributed by atoms with E-state index in [1.165, 1.54) is 0 Å². The normalized spacial score (nSPS) is 23.2. The lowest BCUT2D eigenvalue weighted by Gasteiger charge is -2.23. The van der Waals surface area contributed by atoms with Crippen molar-refractivity contribution in [1.82, 2.24) is 5.32 Å². The molecule has 0 saturated carbocycles. The summed E-state index contributed by atoms with van der Waals surface area (Å²) in [5, 5.41) is 2.83. The molecule has 1 amide bonds. The summed E-state index contributed by atoms with van der Waals surface area (Å²) in [5.41, 5.74) is 1.57. The van der Waals surface area contributed by atoms with Gasteiger partial charge in [0.2, 0.25) is 5.91 Å². The Kier molecular flexibility index (Phi) is 4.80. The highest BCUT2D eigenvalue weighted by Crippen LogP contribution is 2.23. The molecule has 0 bridgehead atoms. The first kappa shape index (κ1) is 16.8. The van der Waals surface area contributed by atoms with Gasteiger partial charge in [-0.15, -0.1) is 0 Å². The summed E-state index contributed by atoms with van der Waals surface area (Å²) in [6.45, 7) is 6.05. The van der Waals surface area contributed by atoms with Gasteiger partial charge in [-0.1, -0.05) is 12.1 Å². The van der Waals surface area contributed by atoms with Gasteiger partial charge in [-0.05, 0) is 44.4 Å². The van der Waals surface area contributed by atoms with Crippen LogP contribution in [0.25, 0.3) is 0 Å². The number of carbonyl (C=O) groups is 1. The summed E-state index contributed by atoms with van der Waals surface area (Å²) in [6, 6.07) is 5.81. The maximum Gasteiger partial charge on any atom is 0.223 e. The van der Waals surface area contributed by atoms with Gasteiger partial charge in [0, 0.05) is 0 Å². The first-order valence-electron chi connectivity index (χ1n) is 7.41. The fourth-order valence-electron chi connectivity index (χ4n) is 2.64. The predicted molar refractivity (Wildman–Crippen MR) is 85.8 cm³/mol. The molecule has 1 aliphatic rings. The first-order valence-corrected chi connectivity index (χ1v) is 9.23. The summed E-state index contributed by atoms with van der Waals surface area (Å²) in [6.07, 6.45) is 0.682. The summed E-state index contributed by atoms with van der Waals surface area (Å²) >= 11 is 0. The molecule has 5 nitrogen and oxygen atoms in total. The molecule has 1 saturated heterocycles. The molecule has 22 heavy (non-hydrogen) atoms.